The van der Waals surface area contributed by atoms with E-state index in [1.165, 1.54) is 0 Å². The molecule has 0 saturated carbocycles. The van der Waals surface area contributed by atoms with Crippen molar-refractivity contribution in [2.24, 2.45) is 5.84 Å². The Hall–Kier alpha value is -0.650. The van der Waals surface area contributed by atoms with E-state index in [0.717, 1.165) is 13.0 Å². The Bertz CT molecular complexity index is 152. The molecule has 0 aliphatic carbocycles. The first-order valence-electron chi connectivity index (χ1n) is 4.42. The van der Waals surface area contributed by atoms with Crippen molar-refractivity contribution in [2.75, 3.05) is 20.2 Å². The molecule has 1 amide bonds. The lowest BCUT2D eigenvalue weighted by Gasteiger charge is -2.22. The number of likely N-dealkylation sites (N-methyl/N-ethyl adjacent to an activating group) is 1. The number of hydrogen-bond donors (Lipinski definition) is 3. The second-order valence-corrected chi connectivity index (χ2v) is 3.18. The van der Waals surface area contributed by atoms with Crippen LogP contribution in [0, 0.1) is 0 Å². The lowest BCUT2D eigenvalue weighted by atomic mass is 10.2. The van der Waals surface area contributed by atoms with E-state index >= 15 is 0 Å². The second kappa shape index (κ2) is 6.82. The van der Waals surface area contributed by atoms with Crippen LogP contribution >= 0.6 is 0 Å². The van der Waals surface area contributed by atoms with Crippen LogP contribution in [0.1, 0.15) is 19.8 Å². The van der Waals surface area contributed by atoms with Gasteiger partial charge in [-0.05, 0) is 26.9 Å². The molecule has 1 unspecified atom stereocenters. The number of carbonyl (C=O) groups is 1. The third kappa shape index (κ3) is 5.57. The summed E-state index contributed by atoms with van der Waals surface area (Å²) in [5.41, 5.74) is 2.08. The number of nitrogens with one attached hydrogen (secondary N) is 1. The summed E-state index contributed by atoms with van der Waals surface area (Å²) in [5, 5.41) is 8.82. The van der Waals surface area contributed by atoms with E-state index < -0.39 is 0 Å². The highest BCUT2D eigenvalue weighted by Crippen LogP contribution is 1.97. The molecule has 1 atom stereocenters. The molecule has 0 saturated heterocycles. The summed E-state index contributed by atoms with van der Waals surface area (Å²) in [6, 6.07) is 0.140. The summed E-state index contributed by atoms with van der Waals surface area (Å²) in [4.78, 5) is 12.7. The van der Waals surface area contributed by atoms with Crippen molar-refractivity contribution in [2.45, 2.75) is 25.8 Å². The maximum Gasteiger partial charge on any atom is 0.233 e. The monoisotopic (exact) mass is 189 g/mol. The standard InChI is InChI=1S/C8H19N3O2/c1-7(6-12)11(2)5-3-4-8(13)10-9/h7,12H,3-6,9H2,1-2H3,(H,10,13). The number of amides is 1. The number of aliphatic hydroxyl groups is 1. The Morgan fingerprint density at radius 2 is 2.31 bits per heavy atom. The maximum atomic E-state index is 10.7. The van der Waals surface area contributed by atoms with Crippen molar-refractivity contribution in [1.29, 1.82) is 0 Å². The number of hydrazine groups is 1. The van der Waals surface area contributed by atoms with Gasteiger partial charge in [-0.1, -0.05) is 0 Å². The van der Waals surface area contributed by atoms with Crippen molar-refractivity contribution in [3.05, 3.63) is 0 Å². The van der Waals surface area contributed by atoms with Gasteiger partial charge in [-0.15, -0.1) is 0 Å². The predicted molar refractivity (Wildman–Crippen MR) is 50.7 cm³/mol. The summed E-state index contributed by atoms with van der Waals surface area (Å²) in [5.74, 6) is 4.77. The van der Waals surface area contributed by atoms with Gasteiger partial charge in [0.15, 0.2) is 0 Å². The van der Waals surface area contributed by atoms with Crippen LogP contribution < -0.4 is 11.3 Å². The van der Waals surface area contributed by atoms with Gasteiger partial charge >= 0.3 is 0 Å². The van der Waals surface area contributed by atoms with Crippen LogP contribution in [0.5, 0.6) is 0 Å². The maximum absolute atomic E-state index is 10.7. The van der Waals surface area contributed by atoms with E-state index in [4.69, 9.17) is 10.9 Å². The number of aliphatic hydroxyl groups excluding tert-OH is 1. The third-order valence-corrected chi connectivity index (χ3v) is 2.09. The fourth-order valence-corrected chi connectivity index (χ4v) is 0.921. The van der Waals surface area contributed by atoms with Crippen LogP contribution in [0.15, 0.2) is 0 Å². The van der Waals surface area contributed by atoms with Gasteiger partial charge in [-0.25, -0.2) is 5.84 Å². The Labute approximate surface area is 78.9 Å². The lowest BCUT2D eigenvalue weighted by molar-refractivity contribution is -0.121. The average molecular weight is 189 g/mol. The molecule has 0 aromatic carbocycles. The molecule has 0 aromatic rings. The molecule has 0 fully saturated rings. The Kier molecular flexibility index (Phi) is 6.48. The minimum atomic E-state index is -0.148. The van der Waals surface area contributed by atoms with E-state index in [1.54, 1.807) is 0 Å². The van der Waals surface area contributed by atoms with Crippen LogP contribution in [0.4, 0.5) is 0 Å². The van der Waals surface area contributed by atoms with E-state index in [-0.39, 0.29) is 18.6 Å². The van der Waals surface area contributed by atoms with Crippen LogP contribution in [0.2, 0.25) is 0 Å². The Morgan fingerprint density at radius 3 is 2.77 bits per heavy atom. The summed E-state index contributed by atoms with van der Waals surface area (Å²) >= 11 is 0. The van der Waals surface area contributed by atoms with Crippen LogP contribution in [-0.4, -0.2) is 42.2 Å². The van der Waals surface area contributed by atoms with Crippen molar-refractivity contribution < 1.29 is 9.90 Å². The van der Waals surface area contributed by atoms with E-state index in [1.807, 2.05) is 18.9 Å². The highest BCUT2D eigenvalue weighted by Gasteiger charge is 2.07. The molecule has 0 bridgehead atoms. The molecule has 0 aromatic heterocycles. The van der Waals surface area contributed by atoms with Crippen molar-refractivity contribution >= 4 is 5.91 Å². The van der Waals surface area contributed by atoms with E-state index in [9.17, 15) is 4.79 Å². The first-order chi connectivity index (χ1) is 6.11. The number of rotatable bonds is 6. The zero-order chi connectivity index (χ0) is 10.3. The van der Waals surface area contributed by atoms with Gasteiger partial charge in [-0.3, -0.25) is 10.2 Å². The molecule has 5 nitrogen and oxygen atoms in total. The molecule has 5 heteroatoms. The molecular formula is C8H19N3O2. The predicted octanol–water partition coefficient (Wildman–Crippen LogP) is -0.931. The highest BCUT2D eigenvalue weighted by atomic mass is 16.3. The van der Waals surface area contributed by atoms with E-state index in [2.05, 4.69) is 5.43 Å². The van der Waals surface area contributed by atoms with Gasteiger partial charge < -0.3 is 10.0 Å². The Balaban J connectivity index is 3.47. The van der Waals surface area contributed by atoms with Gasteiger partial charge in [0.2, 0.25) is 5.91 Å². The smallest absolute Gasteiger partial charge is 0.233 e. The summed E-state index contributed by atoms with van der Waals surface area (Å²) in [6.07, 6.45) is 1.18. The topological polar surface area (TPSA) is 78.6 Å². The molecule has 0 radical (unpaired) electrons. The van der Waals surface area contributed by atoms with Gasteiger partial charge in [0.25, 0.3) is 0 Å². The third-order valence-electron chi connectivity index (χ3n) is 2.09. The molecule has 0 aliphatic heterocycles. The molecule has 0 aliphatic rings. The lowest BCUT2D eigenvalue weighted by Crippen LogP contribution is -2.34. The summed E-state index contributed by atoms with van der Waals surface area (Å²) < 4.78 is 0. The molecule has 0 rings (SSSR count). The van der Waals surface area contributed by atoms with Crippen molar-refractivity contribution in [1.82, 2.24) is 10.3 Å². The minimum Gasteiger partial charge on any atom is -0.395 e. The van der Waals surface area contributed by atoms with Gasteiger partial charge in [0.05, 0.1) is 6.61 Å². The van der Waals surface area contributed by atoms with Gasteiger partial charge in [0.1, 0.15) is 0 Å². The van der Waals surface area contributed by atoms with Crippen LogP contribution in [-0.2, 0) is 4.79 Å². The average Bonchev–Trinajstić information content (AvgIpc) is 2.15. The SMILES string of the molecule is CC(CO)N(C)CCCC(=O)NN. The van der Waals surface area contributed by atoms with Gasteiger partial charge in [-0.2, -0.15) is 0 Å². The molecule has 4 N–H and O–H groups in total. The molecule has 0 heterocycles. The van der Waals surface area contributed by atoms with Crippen molar-refractivity contribution in [3.63, 3.8) is 0 Å². The number of carbonyl (C=O) groups excluding carboxylic acids is 1. The van der Waals surface area contributed by atoms with E-state index in [0.29, 0.717) is 6.42 Å². The fraction of sp³-hybridized carbons (Fsp3) is 0.875. The quantitative estimate of drug-likeness (QED) is 0.286. The largest absolute Gasteiger partial charge is 0.395 e. The van der Waals surface area contributed by atoms with Crippen LogP contribution in [0.3, 0.4) is 0 Å². The summed E-state index contributed by atoms with van der Waals surface area (Å²) in [6.45, 7) is 2.86. The van der Waals surface area contributed by atoms with Gasteiger partial charge in [0, 0.05) is 12.5 Å². The number of nitrogens with zero attached hydrogens (tertiary/aromatic N) is 1. The molecule has 0 spiro atoms. The highest BCUT2D eigenvalue weighted by molar-refractivity contribution is 5.75. The zero-order valence-corrected chi connectivity index (χ0v) is 8.29. The second-order valence-electron chi connectivity index (χ2n) is 3.18. The zero-order valence-electron chi connectivity index (χ0n) is 8.29. The normalized spacial score (nSPS) is 13.0. The first-order valence-corrected chi connectivity index (χ1v) is 4.42. The van der Waals surface area contributed by atoms with Crippen LogP contribution in [0.25, 0.3) is 0 Å². The number of hydrogen-bond acceptors (Lipinski definition) is 4. The fourth-order valence-electron chi connectivity index (χ4n) is 0.921. The first kappa shape index (κ1) is 12.3. The minimum absolute atomic E-state index is 0.138. The summed E-state index contributed by atoms with van der Waals surface area (Å²) in [7, 11) is 1.92. The molecule has 78 valence electrons. The van der Waals surface area contributed by atoms with Crippen molar-refractivity contribution in [3.8, 4) is 0 Å². The molecule has 13 heavy (non-hydrogen) atoms. The molecular weight excluding hydrogens is 170 g/mol. The number of nitrogens with two attached hydrogens (primary N) is 1. The Morgan fingerprint density at radius 1 is 1.69 bits per heavy atom.